The Morgan fingerprint density at radius 3 is 2.40 bits per heavy atom. The van der Waals surface area contributed by atoms with E-state index in [1.165, 1.54) is 12.8 Å². The number of ether oxygens (including phenoxy) is 2. The maximum absolute atomic E-state index is 5.30. The first kappa shape index (κ1) is 12.9. The molecule has 0 aromatic heterocycles. The zero-order valence-corrected chi connectivity index (χ0v) is 10.5. The van der Waals surface area contributed by atoms with Gasteiger partial charge in [-0.2, -0.15) is 0 Å². The molecule has 0 aromatic rings. The lowest BCUT2D eigenvalue weighted by Crippen LogP contribution is -2.46. The van der Waals surface area contributed by atoms with E-state index in [0.29, 0.717) is 12.6 Å². The van der Waals surface area contributed by atoms with Crippen molar-refractivity contribution >= 4 is 0 Å². The van der Waals surface area contributed by atoms with Crippen molar-refractivity contribution < 1.29 is 9.47 Å². The van der Waals surface area contributed by atoms with Gasteiger partial charge in [0.25, 0.3) is 0 Å². The van der Waals surface area contributed by atoms with Crippen molar-refractivity contribution in [1.29, 1.82) is 0 Å². The highest BCUT2D eigenvalue weighted by molar-refractivity contribution is 4.87. The topological polar surface area (TPSA) is 30.5 Å². The van der Waals surface area contributed by atoms with E-state index in [1.54, 1.807) is 14.2 Å². The number of nitrogens with one attached hydrogen (secondary N) is 1. The fourth-order valence-corrected chi connectivity index (χ4v) is 2.07. The van der Waals surface area contributed by atoms with Gasteiger partial charge in [0.05, 0.1) is 12.7 Å². The molecule has 1 atom stereocenters. The van der Waals surface area contributed by atoms with Crippen molar-refractivity contribution in [3.8, 4) is 0 Å². The van der Waals surface area contributed by atoms with E-state index in [0.717, 1.165) is 18.4 Å². The lowest BCUT2D eigenvalue weighted by molar-refractivity contribution is 0.0227. The fourth-order valence-electron chi connectivity index (χ4n) is 2.07. The molecule has 0 spiro atoms. The molecule has 15 heavy (non-hydrogen) atoms. The van der Waals surface area contributed by atoms with Crippen LogP contribution in [0.25, 0.3) is 0 Å². The van der Waals surface area contributed by atoms with Crippen molar-refractivity contribution in [2.24, 2.45) is 11.8 Å². The molecule has 0 aliphatic heterocycles. The van der Waals surface area contributed by atoms with Crippen molar-refractivity contribution in [2.75, 3.05) is 27.4 Å². The molecule has 0 heterocycles. The van der Waals surface area contributed by atoms with Crippen molar-refractivity contribution in [1.82, 2.24) is 5.32 Å². The van der Waals surface area contributed by atoms with Crippen LogP contribution in [0, 0.1) is 11.8 Å². The number of rotatable bonds is 7. The third-order valence-electron chi connectivity index (χ3n) is 3.44. The first-order chi connectivity index (χ1) is 7.17. The molecule has 1 fully saturated rings. The van der Waals surface area contributed by atoms with E-state index in [2.05, 4.69) is 19.2 Å². The van der Waals surface area contributed by atoms with Crippen LogP contribution in [-0.2, 0) is 9.47 Å². The molecule has 1 unspecified atom stereocenters. The van der Waals surface area contributed by atoms with Gasteiger partial charge < -0.3 is 14.8 Å². The molecule has 1 aliphatic carbocycles. The summed E-state index contributed by atoms with van der Waals surface area (Å²) in [4.78, 5) is 0. The molecule has 3 nitrogen and oxygen atoms in total. The van der Waals surface area contributed by atoms with Crippen LogP contribution < -0.4 is 5.32 Å². The predicted molar refractivity (Wildman–Crippen MR) is 62.0 cm³/mol. The van der Waals surface area contributed by atoms with Crippen LogP contribution in [0.2, 0.25) is 0 Å². The minimum absolute atomic E-state index is 0.188. The summed E-state index contributed by atoms with van der Waals surface area (Å²) in [6, 6.07) is 0.701. The second-order valence-corrected chi connectivity index (χ2v) is 4.89. The fraction of sp³-hybridized carbons (Fsp3) is 1.00. The summed E-state index contributed by atoms with van der Waals surface area (Å²) in [6.45, 7) is 6.19. The second-order valence-electron chi connectivity index (χ2n) is 4.89. The molecule has 0 saturated heterocycles. The molecule has 1 saturated carbocycles. The Morgan fingerprint density at radius 1 is 1.27 bits per heavy atom. The van der Waals surface area contributed by atoms with Crippen LogP contribution in [0.1, 0.15) is 26.7 Å². The predicted octanol–water partition coefficient (Wildman–Crippen LogP) is 1.67. The van der Waals surface area contributed by atoms with Crippen LogP contribution in [-0.4, -0.2) is 39.5 Å². The minimum Gasteiger partial charge on any atom is -0.382 e. The molecule has 0 amide bonds. The minimum atomic E-state index is 0.188. The summed E-state index contributed by atoms with van der Waals surface area (Å²) in [6.07, 6.45) is 2.83. The Bertz CT molecular complexity index is 167. The van der Waals surface area contributed by atoms with Crippen molar-refractivity contribution in [2.45, 2.75) is 38.8 Å². The monoisotopic (exact) mass is 215 g/mol. The lowest BCUT2D eigenvalue weighted by Gasteiger charge is -2.39. The number of methoxy groups -OCH3 is 2. The molecule has 0 radical (unpaired) electrons. The highest BCUT2D eigenvalue weighted by Gasteiger charge is 2.30. The van der Waals surface area contributed by atoms with Gasteiger partial charge in [0.1, 0.15) is 0 Å². The van der Waals surface area contributed by atoms with Gasteiger partial charge in [-0.1, -0.05) is 13.8 Å². The number of hydrogen-bond donors (Lipinski definition) is 1. The van der Waals surface area contributed by atoms with Crippen LogP contribution in [0.15, 0.2) is 0 Å². The molecule has 90 valence electrons. The summed E-state index contributed by atoms with van der Waals surface area (Å²) in [5.41, 5.74) is 0. The standard InChI is InChI=1S/C12H25NO2/c1-9(2)10-5-11(6-10)13-7-12(15-4)8-14-3/h9-13H,5-8H2,1-4H3. The van der Waals surface area contributed by atoms with Gasteiger partial charge in [-0.05, 0) is 24.7 Å². The van der Waals surface area contributed by atoms with Gasteiger partial charge in [-0.15, -0.1) is 0 Å². The van der Waals surface area contributed by atoms with Gasteiger partial charge in [-0.3, -0.25) is 0 Å². The zero-order valence-electron chi connectivity index (χ0n) is 10.5. The van der Waals surface area contributed by atoms with E-state index >= 15 is 0 Å². The molecule has 1 N–H and O–H groups in total. The second kappa shape index (κ2) is 6.46. The van der Waals surface area contributed by atoms with Gasteiger partial charge in [0.15, 0.2) is 0 Å². The molecule has 3 heteroatoms. The maximum atomic E-state index is 5.30. The van der Waals surface area contributed by atoms with E-state index in [-0.39, 0.29) is 6.10 Å². The molecular formula is C12H25NO2. The van der Waals surface area contributed by atoms with E-state index in [4.69, 9.17) is 9.47 Å². The largest absolute Gasteiger partial charge is 0.382 e. The first-order valence-electron chi connectivity index (χ1n) is 5.92. The SMILES string of the molecule is COCC(CNC1CC(C(C)C)C1)OC. The van der Waals surface area contributed by atoms with Gasteiger partial charge in [0.2, 0.25) is 0 Å². The quantitative estimate of drug-likeness (QED) is 0.701. The van der Waals surface area contributed by atoms with Crippen LogP contribution in [0.5, 0.6) is 0 Å². The molecule has 1 rings (SSSR count). The Labute approximate surface area is 93.5 Å². The first-order valence-corrected chi connectivity index (χ1v) is 5.92. The Morgan fingerprint density at radius 2 is 1.93 bits per heavy atom. The van der Waals surface area contributed by atoms with E-state index in [9.17, 15) is 0 Å². The molecule has 0 aromatic carbocycles. The third kappa shape index (κ3) is 4.09. The summed E-state index contributed by atoms with van der Waals surface area (Å²) >= 11 is 0. The van der Waals surface area contributed by atoms with Crippen LogP contribution >= 0.6 is 0 Å². The molecule has 0 bridgehead atoms. The Balaban J connectivity index is 2.06. The van der Waals surface area contributed by atoms with Crippen molar-refractivity contribution in [3.05, 3.63) is 0 Å². The normalized spacial score (nSPS) is 27.8. The average Bonchev–Trinajstić information content (AvgIpc) is 2.13. The highest BCUT2D eigenvalue weighted by atomic mass is 16.5. The van der Waals surface area contributed by atoms with Crippen LogP contribution in [0.4, 0.5) is 0 Å². The summed E-state index contributed by atoms with van der Waals surface area (Å²) in [7, 11) is 3.45. The molecular weight excluding hydrogens is 190 g/mol. The Kier molecular flexibility index (Phi) is 5.58. The third-order valence-corrected chi connectivity index (χ3v) is 3.44. The summed E-state index contributed by atoms with van der Waals surface area (Å²) in [5, 5.41) is 3.53. The van der Waals surface area contributed by atoms with E-state index in [1.807, 2.05) is 0 Å². The average molecular weight is 215 g/mol. The van der Waals surface area contributed by atoms with Crippen molar-refractivity contribution in [3.63, 3.8) is 0 Å². The smallest absolute Gasteiger partial charge is 0.0928 e. The maximum Gasteiger partial charge on any atom is 0.0928 e. The number of hydrogen-bond acceptors (Lipinski definition) is 3. The highest BCUT2D eigenvalue weighted by Crippen LogP contribution is 2.33. The van der Waals surface area contributed by atoms with E-state index < -0.39 is 0 Å². The van der Waals surface area contributed by atoms with Crippen LogP contribution in [0.3, 0.4) is 0 Å². The van der Waals surface area contributed by atoms with Gasteiger partial charge in [0, 0.05) is 26.8 Å². The summed E-state index contributed by atoms with van der Waals surface area (Å²) < 4.78 is 10.4. The van der Waals surface area contributed by atoms with Gasteiger partial charge >= 0.3 is 0 Å². The Hall–Kier alpha value is -0.120. The van der Waals surface area contributed by atoms with Gasteiger partial charge in [-0.25, -0.2) is 0 Å². The zero-order chi connectivity index (χ0) is 11.3. The summed E-state index contributed by atoms with van der Waals surface area (Å²) in [5.74, 6) is 1.76. The lowest BCUT2D eigenvalue weighted by atomic mass is 9.73. The molecule has 1 aliphatic rings.